The highest BCUT2D eigenvalue weighted by atomic mass is 32.2. The van der Waals surface area contributed by atoms with Crippen LogP contribution < -0.4 is 11.3 Å². The average Bonchev–Trinajstić information content (AvgIpc) is 2.14. The molecule has 0 bridgehead atoms. The lowest BCUT2D eigenvalue weighted by atomic mass is 10.1. The summed E-state index contributed by atoms with van der Waals surface area (Å²) in [6, 6.07) is -0.0103. The van der Waals surface area contributed by atoms with Crippen LogP contribution in [0.4, 0.5) is 13.2 Å². The molecule has 6 heteroatoms. The molecule has 15 heavy (non-hydrogen) atoms. The summed E-state index contributed by atoms with van der Waals surface area (Å²) in [5.41, 5.74) is 2.56. The first-order valence-electron chi connectivity index (χ1n) is 5.10. The van der Waals surface area contributed by atoms with Crippen LogP contribution in [0.2, 0.25) is 0 Å². The zero-order chi connectivity index (χ0) is 11.7. The third-order valence-electron chi connectivity index (χ3n) is 1.92. The number of alkyl halides is 3. The first-order chi connectivity index (χ1) is 6.99. The van der Waals surface area contributed by atoms with Gasteiger partial charge >= 0.3 is 6.18 Å². The number of hydrogen-bond acceptors (Lipinski definition) is 3. The molecule has 0 aromatic carbocycles. The van der Waals surface area contributed by atoms with E-state index in [0.717, 1.165) is 17.9 Å². The lowest BCUT2D eigenvalue weighted by Crippen LogP contribution is -2.37. The Labute approximate surface area is 93.1 Å². The van der Waals surface area contributed by atoms with Gasteiger partial charge in [0.15, 0.2) is 0 Å². The molecule has 3 N–H and O–H groups in total. The smallest absolute Gasteiger partial charge is 0.271 e. The van der Waals surface area contributed by atoms with E-state index >= 15 is 0 Å². The number of nitrogens with two attached hydrogens (primary N) is 1. The minimum Gasteiger partial charge on any atom is -0.271 e. The van der Waals surface area contributed by atoms with Gasteiger partial charge in [-0.2, -0.15) is 24.9 Å². The van der Waals surface area contributed by atoms with Gasteiger partial charge in [0, 0.05) is 18.2 Å². The molecular weight excluding hydrogens is 225 g/mol. The predicted octanol–water partition coefficient (Wildman–Crippen LogP) is 2.69. The summed E-state index contributed by atoms with van der Waals surface area (Å²) >= 11 is 1.72. The molecule has 0 spiro atoms. The van der Waals surface area contributed by atoms with Crippen molar-refractivity contribution in [3.63, 3.8) is 0 Å². The van der Waals surface area contributed by atoms with E-state index in [1.54, 1.807) is 11.8 Å². The van der Waals surface area contributed by atoms with E-state index in [1.165, 1.54) is 0 Å². The topological polar surface area (TPSA) is 38.0 Å². The third kappa shape index (κ3) is 10.3. The molecule has 1 unspecified atom stereocenters. The highest BCUT2D eigenvalue weighted by Gasteiger charge is 2.26. The molecule has 0 radical (unpaired) electrons. The van der Waals surface area contributed by atoms with Gasteiger partial charge in [-0.05, 0) is 25.0 Å². The Bertz CT molecular complexity index is 153. The van der Waals surface area contributed by atoms with Crippen molar-refractivity contribution in [2.75, 3.05) is 11.5 Å². The molecule has 0 rings (SSSR count). The van der Waals surface area contributed by atoms with Crippen LogP contribution >= 0.6 is 11.8 Å². The van der Waals surface area contributed by atoms with Crippen molar-refractivity contribution < 1.29 is 13.2 Å². The second kappa shape index (κ2) is 8.24. The number of hydrogen-bond donors (Lipinski definition) is 2. The van der Waals surface area contributed by atoms with E-state index < -0.39 is 12.6 Å². The van der Waals surface area contributed by atoms with Crippen LogP contribution in [0.1, 0.15) is 32.6 Å². The van der Waals surface area contributed by atoms with E-state index in [9.17, 15) is 13.2 Å². The van der Waals surface area contributed by atoms with Gasteiger partial charge in [0.2, 0.25) is 0 Å². The minimum absolute atomic E-state index is 0.0103. The number of thioether (sulfide) groups is 1. The zero-order valence-electron chi connectivity index (χ0n) is 8.94. The number of rotatable bonds is 8. The summed E-state index contributed by atoms with van der Waals surface area (Å²) < 4.78 is 35.6. The van der Waals surface area contributed by atoms with Crippen molar-refractivity contribution >= 4 is 11.8 Å². The van der Waals surface area contributed by atoms with Crippen molar-refractivity contribution in [3.8, 4) is 0 Å². The second-order valence-electron chi connectivity index (χ2n) is 3.45. The minimum atomic E-state index is -4.05. The molecule has 0 aliphatic carbocycles. The maximum Gasteiger partial charge on any atom is 0.389 e. The van der Waals surface area contributed by atoms with E-state index in [2.05, 4.69) is 12.3 Å². The fourth-order valence-electron chi connectivity index (χ4n) is 1.13. The van der Waals surface area contributed by atoms with Gasteiger partial charge < -0.3 is 0 Å². The van der Waals surface area contributed by atoms with Crippen molar-refractivity contribution in [1.82, 2.24) is 5.43 Å². The van der Waals surface area contributed by atoms with Crippen molar-refractivity contribution in [2.24, 2.45) is 5.84 Å². The second-order valence-corrected chi connectivity index (χ2v) is 4.60. The van der Waals surface area contributed by atoms with Crippen LogP contribution in [0.25, 0.3) is 0 Å². The van der Waals surface area contributed by atoms with Crippen molar-refractivity contribution in [1.29, 1.82) is 0 Å². The molecule has 0 fully saturated rings. The van der Waals surface area contributed by atoms with Crippen LogP contribution in [-0.4, -0.2) is 23.7 Å². The molecule has 0 saturated carbocycles. The molecule has 0 saturated heterocycles. The average molecular weight is 244 g/mol. The molecule has 0 heterocycles. The molecule has 0 aromatic heterocycles. The normalized spacial score (nSPS) is 14.2. The molecule has 1 atom stereocenters. The van der Waals surface area contributed by atoms with E-state index in [4.69, 9.17) is 5.84 Å². The Morgan fingerprint density at radius 1 is 1.40 bits per heavy atom. The lowest BCUT2D eigenvalue weighted by molar-refractivity contribution is -0.135. The number of nitrogens with one attached hydrogen (secondary N) is 1. The van der Waals surface area contributed by atoms with Crippen LogP contribution in [-0.2, 0) is 0 Å². The van der Waals surface area contributed by atoms with Crippen LogP contribution in [0, 0.1) is 0 Å². The fraction of sp³-hybridized carbons (Fsp3) is 1.00. The van der Waals surface area contributed by atoms with E-state index in [-0.39, 0.29) is 12.5 Å². The third-order valence-corrected chi connectivity index (χ3v) is 3.25. The molecule has 0 aromatic rings. The number of halogens is 3. The first-order valence-corrected chi connectivity index (χ1v) is 6.25. The Hall–Kier alpha value is 0.0600. The van der Waals surface area contributed by atoms with Crippen LogP contribution in [0.3, 0.4) is 0 Å². The van der Waals surface area contributed by atoms with Crippen LogP contribution in [0.5, 0.6) is 0 Å². The molecule has 0 aliphatic heterocycles. The van der Waals surface area contributed by atoms with E-state index in [0.29, 0.717) is 6.42 Å². The van der Waals surface area contributed by atoms with Gasteiger partial charge in [-0.1, -0.05) is 6.92 Å². The summed E-state index contributed by atoms with van der Waals surface area (Å²) in [5, 5.41) is 0. The standard InChI is InChI=1S/C9H19F3N2S/c1-2-6-15-7-8(14-13)4-3-5-9(10,11)12/h8,14H,2-7,13H2,1H3. The number of hydrazine groups is 1. The molecule has 0 amide bonds. The molecule has 2 nitrogen and oxygen atoms in total. The summed E-state index contributed by atoms with van der Waals surface area (Å²) in [6.07, 6.45) is -3.07. The lowest BCUT2D eigenvalue weighted by Gasteiger charge is -2.15. The summed E-state index contributed by atoms with van der Waals surface area (Å²) in [4.78, 5) is 0. The highest BCUT2D eigenvalue weighted by Crippen LogP contribution is 2.23. The summed E-state index contributed by atoms with van der Waals surface area (Å²) in [7, 11) is 0. The van der Waals surface area contributed by atoms with Gasteiger partial charge in [0.1, 0.15) is 0 Å². The van der Waals surface area contributed by atoms with Gasteiger partial charge in [-0.15, -0.1) is 0 Å². The quantitative estimate of drug-likeness (QED) is 0.392. The summed E-state index contributed by atoms with van der Waals surface area (Å²) in [6.45, 7) is 2.07. The Morgan fingerprint density at radius 2 is 2.07 bits per heavy atom. The monoisotopic (exact) mass is 244 g/mol. The van der Waals surface area contributed by atoms with Crippen molar-refractivity contribution in [3.05, 3.63) is 0 Å². The first kappa shape index (κ1) is 15.1. The molecule has 0 aliphatic rings. The van der Waals surface area contributed by atoms with Crippen LogP contribution in [0.15, 0.2) is 0 Å². The molecule has 92 valence electrons. The zero-order valence-corrected chi connectivity index (χ0v) is 9.76. The highest BCUT2D eigenvalue weighted by molar-refractivity contribution is 7.99. The summed E-state index contributed by atoms with van der Waals surface area (Å²) in [5.74, 6) is 7.07. The maximum atomic E-state index is 11.9. The Morgan fingerprint density at radius 3 is 2.53 bits per heavy atom. The maximum absolute atomic E-state index is 11.9. The van der Waals surface area contributed by atoms with E-state index in [1.807, 2.05) is 0 Å². The predicted molar refractivity (Wildman–Crippen MR) is 58.6 cm³/mol. The Balaban J connectivity index is 3.52. The van der Waals surface area contributed by atoms with Gasteiger partial charge in [-0.3, -0.25) is 11.3 Å². The van der Waals surface area contributed by atoms with Gasteiger partial charge in [0.05, 0.1) is 0 Å². The molecular formula is C9H19F3N2S. The Kier molecular flexibility index (Phi) is 8.27. The van der Waals surface area contributed by atoms with Crippen molar-refractivity contribution in [2.45, 2.75) is 44.8 Å². The largest absolute Gasteiger partial charge is 0.389 e. The van der Waals surface area contributed by atoms with Gasteiger partial charge in [-0.25, -0.2) is 0 Å². The fourth-order valence-corrected chi connectivity index (χ4v) is 2.14. The van der Waals surface area contributed by atoms with Gasteiger partial charge in [0.25, 0.3) is 0 Å². The SMILES string of the molecule is CCCSCC(CCCC(F)(F)F)NN.